The van der Waals surface area contributed by atoms with Gasteiger partial charge in [-0.3, -0.25) is 0 Å². The molecule has 0 bridgehead atoms. The normalized spacial score (nSPS) is 14.3. The Kier molecular flexibility index (Phi) is 5.22. The van der Waals surface area contributed by atoms with Crippen molar-refractivity contribution in [2.24, 2.45) is 5.18 Å². The molecule has 2 heterocycles. The molecule has 1 aliphatic rings. The molecule has 0 amide bonds. The molecule has 0 spiro atoms. The van der Waals surface area contributed by atoms with Gasteiger partial charge in [0.15, 0.2) is 12.4 Å². The fraction of sp³-hybridized carbons (Fsp3) is 0.353. The highest BCUT2D eigenvalue weighted by atomic mass is 16.5. The van der Waals surface area contributed by atoms with E-state index in [0.29, 0.717) is 13.5 Å². The van der Waals surface area contributed by atoms with Crippen LogP contribution in [-0.2, 0) is 16.9 Å². The second-order valence-electron chi connectivity index (χ2n) is 6.20. The van der Waals surface area contributed by atoms with Crippen LogP contribution in [0.25, 0.3) is 0 Å². The number of ether oxygens (including phenoxy) is 1. The molecular weight excluding hydrogens is 278 g/mol. The van der Waals surface area contributed by atoms with Gasteiger partial charge in [0, 0.05) is 24.0 Å². The zero-order chi connectivity index (χ0) is 16.0. The summed E-state index contributed by atoms with van der Waals surface area (Å²) in [5, 5.41) is 2.75. The van der Waals surface area contributed by atoms with Crippen LogP contribution in [0.15, 0.2) is 66.0 Å². The van der Waals surface area contributed by atoms with Gasteiger partial charge in [-0.1, -0.05) is 20.8 Å². The van der Waals surface area contributed by atoms with E-state index >= 15 is 0 Å². The highest BCUT2D eigenvalue weighted by Crippen LogP contribution is 2.19. The van der Waals surface area contributed by atoms with Crippen LogP contribution in [0.1, 0.15) is 26.3 Å². The molecular formula is C17H22N3O2+. The van der Waals surface area contributed by atoms with Crippen molar-refractivity contribution in [1.82, 2.24) is 4.90 Å². The standard InChI is InChI=1S/C17H22N3O2/c1-17(2,3)16-5-4-8-20(12-16)14-22-13-19-9-6-15(7-10-19)11-18-21/h4-12H,13-14H2,1-3H3/q+1. The molecule has 116 valence electrons. The predicted molar refractivity (Wildman–Crippen MR) is 85.3 cm³/mol. The maximum absolute atomic E-state index is 10.1. The van der Waals surface area contributed by atoms with Gasteiger partial charge in [0.25, 0.3) is 6.73 Å². The van der Waals surface area contributed by atoms with Crippen LogP contribution in [0.5, 0.6) is 0 Å². The molecule has 0 radical (unpaired) electrons. The Morgan fingerprint density at radius 1 is 1.32 bits per heavy atom. The van der Waals surface area contributed by atoms with E-state index < -0.39 is 0 Å². The third kappa shape index (κ3) is 4.63. The minimum atomic E-state index is 0.122. The third-order valence-corrected chi connectivity index (χ3v) is 3.32. The van der Waals surface area contributed by atoms with Crippen LogP contribution in [0.2, 0.25) is 0 Å². The largest absolute Gasteiger partial charge is 0.331 e. The highest BCUT2D eigenvalue weighted by molar-refractivity contribution is 5.32. The summed E-state index contributed by atoms with van der Waals surface area (Å²) in [6.07, 6.45) is 12.7. The van der Waals surface area contributed by atoms with E-state index in [2.05, 4.69) is 38.2 Å². The van der Waals surface area contributed by atoms with Gasteiger partial charge in [0.1, 0.15) is 6.73 Å². The molecule has 2 rings (SSSR count). The second kappa shape index (κ2) is 7.13. The van der Waals surface area contributed by atoms with Crippen molar-refractivity contribution in [1.29, 1.82) is 0 Å². The summed E-state index contributed by atoms with van der Waals surface area (Å²) in [7, 11) is 0. The Morgan fingerprint density at radius 3 is 2.68 bits per heavy atom. The zero-order valence-electron chi connectivity index (χ0n) is 13.3. The second-order valence-corrected chi connectivity index (χ2v) is 6.20. The van der Waals surface area contributed by atoms with E-state index in [-0.39, 0.29) is 5.41 Å². The van der Waals surface area contributed by atoms with Gasteiger partial charge in [-0.2, -0.15) is 4.57 Å². The summed E-state index contributed by atoms with van der Waals surface area (Å²) in [5.41, 5.74) is 2.17. The van der Waals surface area contributed by atoms with Gasteiger partial charge < -0.3 is 9.64 Å². The lowest BCUT2D eigenvalue weighted by Gasteiger charge is -2.18. The summed E-state index contributed by atoms with van der Waals surface area (Å²) >= 11 is 0. The van der Waals surface area contributed by atoms with E-state index in [1.165, 1.54) is 11.8 Å². The topological polar surface area (TPSA) is 45.8 Å². The van der Waals surface area contributed by atoms with Crippen LogP contribution in [0, 0.1) is 4.91 Å². The first-order chi connectivity index (χ1) is 10.5. The number of hydrogen-bond donors (Lipinski definition) is 0. The van der Waals surface area contributed by atoms with Gasteiger partial charge in [0.05, 0.1) is 6.20 Å². The molecule has 1 aromatic rings. The molecule has 0 fully saturated rings. The first-order valence-electron chi connectivity index (χ1n) is 7.21. The minimum Gasteiger partial charge on any atom is -0.331 e. The number of nitroso groups, excluding NO2 is 1. The lowest BCUT2D eigenvalue weighted by molar-refractivity contribution is -0.733. The summed E-state index contributed by atoms with van der Waals surface area (Å²) in [4.78, 5) is 12.0. The quantitative estimate of drug-likeness (QED) is 0.619. The fourth-order valence-corrected chi connectivity index (χ4v) is 2.00. The SMILES string of the molecule is CC(C)(C)c1ccc[n+](COCN2C=CC(=CN=O)C=C2)c1. The fourth-order valence-electron chi connectivity index (χ4n) is 2.00. The molecule has 0 saturated carbocycles. The predicted octanol–water partition coefficient (Wildman–Crippen LogP) is 3.20. The molecule has 0 atom stereocenters. The van der Waals surface area contributed by atoms with Gasteiger partial charge in [-0.15, -0.1) is 4.91 Å². The van der Waals surface area contributed by atoms with Crippen molar-refractivity contribution < 1.29 is 9.30 Å². The summed E-state index contributed by atoms with van der Waals surface area (Å²) < 4.78 is 7.73. The smallest absolute Gasteiger partial charge is 0.254 e. The number of pyridine rings is 1. The van der Waals surface area contributed by atoms with Crippen molar-refractivity contribution in [2.45, 2.75) is 32.9 Å². The average molecular weight is 300 g/mol. The zero-order valence-corrected chi connectivity index (χ0v) is 13.3. The Bertz CT molecular complexity index is 597. The molecule has 5 nitrogen and oxygen atoms in total. The van der Waals surface area contributed by atoms with Gasteiger partial charge in [-0.05, 0) is 34.4 Å². The Labute approximate surface area is 131 Å². The summed E-state index contributed by atoms with van der Waals surface area (Å²) in [6, 6.07) is 4.16. The molecule has 0 aromatic carbocycles. The van der Waals surface area contributed by atoms with E-state index in [9.17, 15) is 4.91 Å². The number of hydrogen-bond acceptors (Lipinski definition) is 4. The van der Waals surface area contributed by atoms with Gasteiger partial charge >= 0.3 is 0 Å². The molecule has 0 N–H and O–H groups in total. The Morgan fingerprint density at radius 2 is 2.05 bits per heavy atom. The molecule has 22 heavy (non-hydrogen) atoms. The Balaban J connectivity index is 1.85. The molecule has 0 saturated heterocycles. The lowest BCUT2D eigenvalue weighted by atomic mass is 9.88. The number of allylic oxidation sites excluding steroid dienone is 3. The highest BCUT2D eigenvalue weighted by Gasteiger charge is 2.17. The summed E-state index contributed by atoms with van der Waals surface area (Å²) in [6.45, 7) is 7.50. The van der Waals surface area contributed by atoms with E-state index in [1.807, 2.05) is 46.3 Å². The van der Waals surface area contributed by atoms with Crippen molar-refractivity contribution in [3.63, 3.8) is 0 Å². The molecule has 0 aliphatic carbocycles. The van der Waals surface area contributed by atoms with Crippen LogP contribution in [0.3, 0.4) is 0 Å². The van der Waals surface area contributed by atoms with Crippen LogP contribution in [0.4, 0.5) is 0 Å². The van der Waals surface area contributed by atoms with Gasteiger partial charge in [0.2, 0.25) is 0 Å². The maximum atomic E-state index is 10.1. The van der Waals surface area contributed by atoms with Crippen molar-refractivity contribution in [3.05, 3.63) is 71.3 Å². The first kappa shape index (κ1) is 16.1. The van der Waals surface area contributed by atoms with E-state index in [4.69, 9.17) is 4.74 Å². The Hall–Kier alpha value is -2.27. The number of aromatic nitrogens is 1. The molecule has 1 aromatic heterocycles. The van der Waals surface area contributed by atoms with Gasteiger partial charge in [-0.25, -0.2) is 0 Å². The van der Waals surface area contributed by atoms with E-state index in [0.717, 1.165) is 5.57 Å². The summed E-state index contributed by atoms with van der Waals surface area (Å²) in [5.74, 6) is 0. The van der Waals surface area contributed by atoms with Crippen molar-refractivity contribution in [3.8, 4) is 0 Å². The monoisotopic (exact) mass is 300 g/mol. The average Bonchev–Trinajstić information content (AvgIpc) is 2.49. The van der Waals surface area contributed by atoms with Crippen LogP contribution < -0.4 is 4.57 Å². The maximum Gasteiger partial charge on any atom is 0.254 e. The molecule has 5 heteroatoms. The van der Waals surface area contributed by atoms with E-state index in [1.54, 1.807) is 0 Å². The lowest BCUT2D eigenvalue weighted by Crippen LogP contribution is -2.37. The van der Waals surface area contributed by atoms with Crippen LogP contribution in [-0.4, -0.2) is 11.6 Å². The van der Waals surface area contributed by atoms with Crippen molar-refractivity contribution in [2.75, 3.05) is 6.73 Å². The van der Waals surface area contributed by atoms with Crippen LogP contribution >= 0.6 is 0 Å². The number of rotatable bonds is 5. The first-order valence-corrected chi connectivity index (χ1v) is 7.21. The minimum absolute atomic E-state index is 0.122. The molecule has 0 unspecified atom stereocenters. The third-order valence-electron chi connectivity index (χ3n) is 3.32. The molecule has 1 aliphatic heterocycles. The van der Waals surface area contributed by atoms with Crippen molar-refractivity contribution >= 4 is 0 Å². The number of nitrogens with zero attached hydrogens (tertiary/aromatic N) is 3.